The molecule has 0 unspecified atom stereocenters. The van der Waals surface area contributed by atoms with Crippen LogP contribution in [0.5, 0.6) is 11.5 Å². The first kappa shape index (κ1) is 36.8. The molecule has 2 aliphatic heterocycles. The van der Waals surface area contributed by atoms with Gasteiger partial charge in [0.1, 0.15) is 11.5 Å². The molecule has 2 saturated heterocycles. The zero-order valence-electron chi connectivity index (χ0n) is 30.8. The summed E-state index contributed by atoms with van der Waals surface area (Å²) in [5, 5.41) is 16.7. The molecule has 9 rings (SSSR count). The number of carbonyl (C=O) groups is 4. The monoisotopic (exact) mass is 898 g/mol. The van der Waals surface area contributed by atoms with Gasteiger partial charge in [0.25, 0.3) is 0 Å². The second-order valence-corrected chi connectivity index (χ2v) is 17.9. The lowest BCUT2D eigenvalue weighted by atomic mass is 9.52. The average molecular weight is 899 g/mol. The smallest absolute Gasteiger partial charge is 0.242 e. The number of methoxy groups -OCH3 is 1. The fourth-order valence-electron chi connectivity index (χ4n) is 9.50. The van der Waals surface area contributed by atoms with Crippen LogP contribution in [0, 0.1) is 45.5 Å². The number of ether oxygens (including phenoxy) is 1. The molecule has 5 aromatic rings. The highest BCUT2D eigenvalue weighted by molar-refractivity contribution is 14.1. The summed E-state index contributed by atoms with van der Waals surface area (Å²) < 4.78 is 8.97. The number of aromatic hydroxyl groups is 1. The van der Waals surface area contributed by atoms with Crippen molar-refractivity contribution < 1.29 is 29.0 Å². The number of aryl methyl sites for hydroxylation is 2. The standard InChI is InChI=1S/C43H36ClIN4O6S/c1-21-28-18-23(44)7-16-35(28)56-38(21)32-20-36(47(3)46-32)49-40(52)31-19-29-26(12-13-27-37(29)41(53)48(39(27)51)25-10-8-24(45)9-11-25)30(43(31,2)42(49)54)14-5-22-6-15-33(50)34(17-22)55-4/h5-12,14-18,20,27,29-31,37,50H,13,19H2,1-4H3/t27-,29+,30-,31-,37-,43-/m0/s1. The topological polar surface area (TPSA) is 122 Å². The van der Waals surface area contributed by atoms with Crippen LogP contribution in [0.4, 0.5) is 11.5 Å². The van der Waals surface area contributed by atoms with Crippen molar-refractivity contribution in [3.8, 4) is 22.1 Å². The molecule has 2 aromatic heterocycles. The number of phenols is 1. The van der Waals surface area contributed by atoms with E-state index in [0.29, 0.717) is 34.4 Å². The number of hydrogen-bond acceptors (Lipinski definition) is 8. The minimum atomic E-state index is -1.22. The van der Waals surface area contributed by atoms with Gasteiger partial charge in [-0.3, -0.25) is 28.8 Å². The highest BCUT2D eigenvalue weighted by Gasteiger charge is 2.67. The van der Waals surface area contributed by atoms with E-state index in [-0.39, 0.29) is 35.8 Å². The quantitative estimate of drug-likeness (QED) is 0.103. The zero-order chi connectivity index (χ0) is 39.4. The first-order valence-electron chi connectivity index (χ1n) is 18.3. The van der Waals surface area contributed by atoms with Gasteiger partial charge in [0.05, 0.1) is 40.8 Å². The summed E-state index contributed by atoms with van der Waals surface area (Å²) in [7, 11) is 3.20. The van der Waals surface area contributed by atoms with Crippen LogP contribution in [-0.2, 0) is 26.2 Å². The van der Waals surface area contributed by atoms with Crippen molar-refractivity contribution in [2.24, 2.45) is 42.1 Å². The number of fused-ring (bicyclic) bond motifs is 5. The van der Waals surface area contributed by atoms with E-state index in [1.165, 1.54) is 23.0 Å². The molecule has 0 bridgehead atoms. The van der Waals surface area contributed by atoms with Crippen LogP contribution in [0.2, 0.25) is 5.02 Å². The number of imide groups is 2. The molecular weight excluding hydrogens is 863 g/mol. The molecule has 1 N–H and O–H groups in total. The van der Waals surface area contributed by atoms with Gasteiger partial charge < -0.3 is 9.84 Å². The van der Waals surface area contributed by atoms with E-state index >= 15 is 4.79 Å². The maximum absolute atomic E-state index is 15.1. The molecule has 6 atom stereocenters. The molecule has 3 aromatic carbocycles. The summed E-state index contributed by atoms with van der Waals surface area (Å²) in [6.07, 6.45) is 6.41. The predicted molar refractivity (Wildman–Crippen MR) is 224 cm³/mol. The minimum Gasteiger partial charge on any atom is -0.504 e. The molecule has 4 amide bonds. The summed E-state index contributed by atoms with van der Waals surface area (Å²) in [5.74, 6) is -3.67. The molecule has 284 valence electrons. The summed E-state index contributed by atoms with van der Waals surface area (Å²) in [5.41, 5.74) is 2.55. The molecule has 13 heteroatoms. The summed E-state index contributed by atoms with van der Waals surface area (Å²) in [6.45, 7) is 3.86. The van der Waals surface area contributed by atoms with Crippen molar-refractivity contribution >= 4 is 96.8 Å². The van der Waals surface area contributed by atoms with Crippen LogP contribution >= 0.6 is 45.5 Å². The molecule has 4 aliphatic rings. The molecule has 10 nitrogen and oxygen atoms in total. The third kappa shape index (κ3) is 5.42. The lowest BCUT2D eigenvalue weighted by Crippen LogP contribution is -2.49. The maximum atomic E-state index is 15.1. The Bertz CT molecular complexity index is 2600. The number of hydrogen-bond donors (Lipinski definition) is 1. The van der Waals surface area contributed by atoms with E-state index < -0.39 is 35.0 Å². The van der Waals surface area contributed by atoms with Crippen LogP contribution < -0.4 is 14.5 Å². The highest BCUT2D eigenvalue weighted by Crippen LogP contribution is 2.61. The fourth-order valence-corrected chi connectivity index (χ4v) is 11.2. The number of nitrogens with zero attached hydrogens (tertiary/aromatic N) is 4. The number of rotatable bonds is 6. The van der Waals surface area contributed by atoms with Crippen molar-refractivity contribution in [3.63, 3.8) is 0 Å². The normalized spacial score (nSPS) is 26.0. The van der Waals surface area contributed by atoms with E-state index in [2.05, 4.69) is 22.6 Å². The van der Waals surface area contributed by atoms with Gasteiger partial charge in [-0.1, -0.05) is 41.5 Å². The van der Waals surface area contributed by atoms with E-state index in [1.807, 2.05) is 62.4 Å². The Balaban J connectivity index is 1.13. The molecule has 0 radical (unpaired) electrons. The first-order chi connectivity index (χ1) is 26.8. The number of carbonyl (C=O) groups excluding carboxylic acids is 4. The highest BCUT2D eigenvalue weighted by atomic mass is 127. The van der Waals surface area contributed by atoms with Gasteiger partial charge >= 0.3 is 0 Å². The van der Waals surface area contributed by atoms with Crippen molar-refractivity contribution in [1.29, 1.82) is 0 Å². The minimum absolute atomic E-state index is 0.00470. The second-order valence-electron chi connectivity index (χ2n) is 15.2. The lowest BCUT2D eigenvalue weighted by Gasteiger charge is -2.47. The number of allylic oxidation sites excluding steroid dienone is 3. The Morgan fingerprint density at radius 3 is 2.50 bits per heavy atom. The molecule has 56 heavy (non-hydrogen) atoms. The second kappa shape index (κ2) is 13.4. The Kier molecular flexibility index (Phi) is 8.82. The third-order valence-electron chi connectivity index (χ3n) is 12.3. The van der Waals surface area contributed by atoms with Crippen molar-refractivity contribution in [2.75, 3.05) is 16.9 Å². The first-order valence-corrected chi connectivity index (χ1v) is 20.6. The Labute approximate surface area is 345 Å². The lowest BCUT2D eigenvalue weighted by molar-refractivity contribution is -0.132. The van der Waals surface area contributed by atoms with E-state index in [4.69, 9.17) is 21.4 Å². The van der Waals surface area contributed by atoms with Gasteiger partial charge in [-0.25, -0.2) is 4.90 Å². The number of aromatic nitrogens is 2. The fraction of sp³-hybridized carbons (Fsp3) is 0.279. The molecule has 4 heterocycles. The number of amides is 4. The predicted octanol–water partition coefficient (Wildman–Crippen LogP) is 8.56. The Morgan fingerprint density at radius 2 is 1.75 bits per heavy atom. The van der Waals surface area contributed by atoms with E-state index in [9.17, 15) is 19.5 Å². The van der Waals surface area contributed by atoms with Gasteiger partial charge in [0, 0.05) is 32.3 Å². The van der Waals surface area contributed by atoms with Gasteiger partial charge in [-0.05, 0) is 126 Å². The van der Waals surface area contributed by atoms with Crippen LogP contribution in [0.15, 0.2) is 84.5 Å². The molecular formula is C43H36ClIN4O6S. The Hall–Kier alpha value is -4.79. The Morgan fingerprint density at radius 1 is 0.982 bits per heavy atom. The van der Waals surface area contributed by atoms with Crippen LogP contribution in [0.25, 0.3) is 26.7 Å². The van der Waals surface area contributed by atoms with Crippen molar-refractivity contribution in [3.05, 3.63) is 104 Å². The van der Waals surface area contributed by atoms with Gasteiger partial charge in [-0.2, -0.15) is 5.10 Å². The van der Waals surface area contributed by atoms with E-state index in [1.54, 1.807) is 53.4 Å². The number of benzene rings is 3. The maximum Gasteiger partial charge on any atom is 0.242 e. The van der Waals surface area contributed by atoms with Gasteiger partial charge in [-0.15, -0.1) is 11.3 Å². The summed E-state index contributed by atoms with van der Waals surface area (Å²) in [6, 6.07) is 19.8. The number of thiophene rings is 1. The summed E-state index contributed by atoms with van der Waals surface area (Å²) >= 11 is 10.1. The number of phenolic OH excluding ortho intramolecular Hbond substituents is 1. The molecule has 0 spiro atoms. The molecule has 1 saturated carbocycles. The number of halogens is 2. The van der Waals surface area contributed by atoms with Crippen LogP contribution in [0.3, 0.4) is 0 Å². The van der Waals surface area contributed by atoms with Crippen molar-refractivity contribution in [2.45, 2.75) is 26.7 Å². The third-order valence-corrected chi connectivity index (χ3v) is 14.6. The largest absolute Gasteiger partial charge is 0.504 e. The van der Waals surface area contributed by atoms with Crippen molar-refractivity contribution in [1.82, 2.24) is 9.78 Å². The molecule has 2 aliphatic carbocycles. The molecule has 3 fully saturated rings. The van der Waals surface area contributed by atoms with Crippen LogP contribution in [-0.4, -0.2) is 45.6 Å². The van der Waals surface area contributed by atoms with Gasteiger partial charge in [0.2, 0.25) is 23.6 Å². The van der Waals surface area contributed by atoms with E-state index in [0.717, 1.165) is 35.2 Å². The average Bonchev–Trinajstić information content (AvgIpc) is 3.85. The SMILES string of the molecule is COc1cc(C=C[C@H]2C3=CC[C@@H]4C(=O)N(c5ccc(I)cc5)C(=O)[C@@H]4[C@@H]3C[C@H]3C(=O)N(c4cc(-c5sc6ccc(Cl)cc6c5C)nn4C)C(=O)[C@@]23C)ccc1O. The summed E-state index contributed by atoms with van der Waals surface area (Å²) in [4.78, 5) is 61.8. The van der Waals surface area contributed by atoms with Crippen LogP contribution in [0.1, 0.15) is 30.9 Å². The van der Waals surface area contributed by atoms with Gasteiger partial charge in [0.15, 0.2) is 11.5 Å². The zero-order valence-corrected chi connectivity index (χ0v) is 34.6. The number of anilines is 2.